The molecule has 1 fully saturated rings. The lowest BCUT2D eigenvalue weighted by Gasteiger charge is -2.16. The molecule has 0 unspecified atom stereocenters. The van der Waals surface area contributed by atoms with Crippen molar-refractivity contribution < 1.29 is 67.0 Å². The number of amides is 6. The first-order valence-electron chi connectivity index (χ1n) is 45.8. The Hall–Kier alpha value is -11.5. The van der Waals surface area contributed by atoms with Crippen molar-refractivity contribution in [2.24, 2.45) is 0 Å². The Bertz CT molecular complexity index is 5860. The maximum absolute atomic E-state index is 11.8. The van der Waals surface area contributed by atoms with Gasteiger partial charge in [-0.2, -0.15) is 12.6 Å². The van der Waals surface area contributed by atoms with Crippen molar-refractivity contribution in [3.05, 3.63) is 346 Å². The molecule has 6 amide bonds. The van der Waals surface area contributed by atoms with Gasteiger partial charge >= 0.3 is 0 Å². The quantitative estimate of drug-likeness (QED) is 0.0154. The van der Waals surface area contributed by atoms with Gasteiger partial charge in [-0.1, -0.05) is 180 Å². The van der Waals surface area contributed by atoms with Crippen LogP contribution < -0.4 is 65.1 Å². The van der Waals surface area contributed by atoms with Gasteiger partial charge in [-0.3, -0.25) is 28.8 Å². The smallest absolute Gasteiger partial charge is 0.283 e. The number of aliphatic hydroxyl groups excluding tert-OH is 1. The lowest BCUT2D eigenvalue weighted by atomic mass is 10.0. The Kier molecular flexibility index (Phi) is 47.5. The zero-order chi connectivity index (χ0) is 101. The largest absolute Gasteiger partial charge is 0.493 e. The lowest BCUT2D eigenvalue weighted by molar-refractivity contribution is 0.261. The van der Waals surface area contributed by atoms with Gasteiger partial charge in [-0.05, 0) is 333 Å². The fourth-order valence-electron chi connectivity index (χ4n) is 14.5. The van der Waals surface area contributed by atoms with Crippen molar-refractivity contribution in [3.8, 4) is 40.2 Å². The van der Waals surface area contributed by atoms with Gasteiger partial charge < -0.3 is 70.2 Å². The van der Waals surface area contributed by atoms with E-state index in [-0.39, 0.29) is 38.0 Å². The van der Waals surface area contributed by atoms with Crippen LogP contribution >= 0.6 is 83.2 Å². The predicted molar refractivity (Wildman–Crippen MR) is 578 cm³/mol. The van der Waals surface area contributed by atoms with E-state index in [0.717, 1.165) is 183 Å². The van der Waals surface area contributed by atoms with Gasteiger partial charge in [0, 0.05) is 111 Å². The minimum absolute atomic E-state index is 0.0456. The molecule has 20 nitrogen and oxygen atoms in total. The van der Waals surface area contributed by atoms with Gasteiger partial charge in [0.05, 0.1) is 13.2 Å². The molecule has 0 aromatic heterocycles. The molecule has 1 aliphatic rings. The summed E-state index contributed by atoms with van der Waals surface area (Å²) in [7, 11) is 9.78. The van der Waals surface area contributed by atoms with Crippen LogP contribution in [0.4, 0.5) is 28.8 Å². The molecule has 736 valence electrons. The number of hydrogen-bond donors (Lipinski definition) is 8. The minimum Gasteiger partial charge on any atom is -0.493 e. The molecular weight excluding hydrogens is 1880 g/mol. The number of rotatable bonds is 30. The molecular formula is C112H132N6O14S7. The normalized spacial score (nSPS) is 11.0. The van der Waals surface area contributed by atoms with Crippen LogP contribution in [0.1, 0.15) is 161 Å². The molecule has 7 N–H and O–H groups in total. The van der Waals surface area contributed by atoms with E-state index < -0.39 is 0 Å². The molecule has 0 aliphatic heterocycles. The molecule has 0 atom stereocenters. The summed E-state index contributed by atoms with van der Waals surface area (Å²) < 4.78 is 41.7. The topological polar surface area (TPSA) is 259 Å². The second-order valence-electron chi connectivity index (χ2n) is 32.8. The summed E-state index contributed by atoms with van der Waals surface area (Å²) in [5.41, 5.74) is 25.4. The van der Waals surface area contributed by atoms with E-state index in [1.807, 2.05) is 219 Å². The van der Waals surface area contributed by atoms with Gasteiger partial charge in [0.2, 0.25) is 0 Å². The monoisotopic (exact) mass is 2010 g/mol. The number of carbonyl (C=O) groups excluding carboxylic acids is 6. The summed E-state index contributed by atoms with van der Waals surface area (Å²) in [5, 5.41) is 24.8. The van der Waals surface area contributed by atoms with E-state index in [1.54, 1.807) is 42.3 Å². The summed E-state index contributed by atoms with van der Waals surface area (Å²) in [6.45, 7) is 33.6. The molecule has 1 saturated carbocycles. The number of aryl methyl sites for hydroxylation is 14. The number of aliphatic hydroxyl groups is 1. The molecule has 139 heavy (non-hydrogen) atoms. The Labute approximate surface area is 852 Å². The van der Waals surface area contributed by atoms with Gasteiger partial charge in [-0.15, -0.1) is 0 Å². The number of nitrogens with one attached hydrogen (secondary N) is 6. The highest BCUT2D eigenvalue weighted by Crippen LogP contribution is 2.45. The Morgan fingerprint density at radius 2 is 0.540 bits per heavy atom. The van der Waals surface area contributed by atoms with E-state index in [2.05, 4.69) is 148 Å². The third kappa shape index (κ3) is 36.3. The summed E-state index contributed by atoms with van der Waals surface area (Å²) in [4.78, 5) is 75.6. The third-order valence-electron chi connectivity index (χ3n) is 22.0. The second kappa shape index (κ2) is 58.5. The highest BCUT2D eigenvalue weighted by molar-refractivity contribution is 8.15. The highest BCUT2D eigenvalue weighted by Gasteiger charge is 2.29. The standard InChI is InChI=1S/C20H23NO2S.C19H23NO3S.C19H23NO2S.C18H21NO3S.C18H21NO2S2.C18H21NO2S/c1-13-7-10-18(14(2)11-13)23-12-17-16(15-8-9-15)5-4-6-19(17)24-20(22)21-3;1-5-22-17-7-6-8-18(24-19(21)20-4)15(17)12-23-16-10-9-13(2)11-14(16)3;1-5-15-7-6-8-18(23-19(21)20-4)16(15)12-22-17-10-9-13(2)11-14(17)3;1-12-7-8-16(13(2)9-12)22-11-15-14(10-20)5-4-6-17(15)23-18(21)19-3;1-12-7-8-16(13(2)9-12)21-10-15-14(11-22)5-4-6-17(15)23-18(20)19-3;1-12-8-9-16(14(3)10-12)21-11-15-13(2)6-5-7-17(15)22-18(20)19-4/h4-7,10-11,15H,8-9,12H2,1-3H3,(H,21,22);6-11H,5,12H2,1-4H3,(H,20,21);6-11H,5,12H2,1-4H3,(H,20,21);4-9,20H,10-11H2,1-3H3,(H,19,21);4-9,22H,10-11H2,1-3H3,(H,19,20);5-10H,11H2,1-4H3,(H,19,20). The summed E-state index contributed by atoms with van der Waals surface area (Å²) in [6.07, 6.45) is 3.36. The first-order chi connectivity index (χ1) is 66.8. The van der Waals surface area contributed by atoms with Crippen LogP contribution in [-0.4, -0.2) is 85.4 Å². The van der Waals surface area contributed by atoms with Crippen LogP contribution in [0.3, 0.4) is 0 Å². The van der Waals surface area contributed by atoms with Gasteiger partial charge in [0.1, 0.15) is 79.9 Å². The number of thiol groups is 1. The molecule has 27 heteroatoms. The Morgan fingerprint density at radius 1 is 0.288 bits per heavy atom. The van der Waals surface area contributed by atoms with Gasteiger partial charge in [0.25, 0.3) is 31.4 Å². The van der Waals surface area contributed by atoms with Crippen molar-refractivity contribution in [1.29, 1.82) is 0 Å². The number of hydrogen-bond acceptors (Lipinski definition) is 21. The Balaban J connectivity index is 0.000000205. The van der Waals surface area contributed by atoms with Gasteiger partial charge in [0.15, 0.2) is 0 Å². The van der Waals surface area contributed by atoms with Crippen molar-refractivity contribution in [2.75, 3.05) is 48.9 Å². The number of benzene rings is 12. The van der Waals surface area contributed by atoms with Gasteiger partial charge in [-0.25, -0.2) is 0 Å². The highest BCUT2D eigenvalue weighted by atomic mass is 32.2. The van der Waals surface area contributed by atoms with Crippen LogP contribution in [-0.2, 0) is 58.4 Å². The molecule has 0 saturated heterocycles. The average Bonchev–Trinajstić information content (AvgIpc) is 1.67. The molecule has 0 spiro atoms. The predicted octanol–water partition coefficient (Wildman–Crippen LogP) is 28.0. The second-order valence-corrected chi connectivity index (χ2v) is 39.3. The van der Waals surface area contributed by atoms with Crippen molar-refractivity contribution in [1.82, 2.24) is 31.9 Å². The van der Waals surface area contributed by atoms with Crippen molar-refractivity contribution in [2.45, 2.75) is 210 Å². The number of ether oxygens (including phenoxy) is 7. The van der Waals surface area contributed by atoms with E-state index in [0.29, 0.717) is 57.9 Å². The maximum Gasteiger partial charge on any atom is 0.283 e. The zero-order valence-electron chi connectivity index (χ0n) is 83.5. The van der Waals surface area contributed by atoms with E-state index in [9.17, 15) is 33.9 Å². The maximum atomic E-state index is 11.8. The molecule has 1 aliphatic carbocycles. The van der Waals surface area contributed by atoms with Crippen LogP contribution in [0.15, 0.2) is 248 Å². The summed E-state index contributed by atoms with van der Waals surface area (Å²) in [5.74, 6) is 7.14. The fraction of sp³-hybridized carbons (Fsp3) is 0.304. The Morgan fingerprint density at radius 3 is 0.835 bits per heavy atom. The van der Waals surface area contributed by atoms with Crippen LogP contribution in [0.5, 0.6) is 40.2 Å². The van der Waals surface area contributed by atoms with E-state index in [1.165, 1.54) is 104 Å². The molecule has 0 radical (unpaired) electrons. The molecule has 12 aromatic carbocycles. The van der Waals surface area contributed by atoms with E-state index >= 15 is 0 Å². The number of thioether (sulfide) groups is 6. The molecule has 0 bridgehead atoms. The first kappa shape index (κ1) is 113. The van der Waals surface area contributed by atoms with Crippen LogP contribution in [0, 0.1) is 90.0 Å². The minimum atomic E-state index is -0.146. The molecule has 12 aromatic rings. The SMILES string of the molecule is CCOc1cccc(SC(=O)NC)c1COc1ccc(C)cc1C.CCc1cccc(SC(=O)NC)c1COc1ccc(C)cc1C.CNC(=O)Sc1cccc(C)c1COc1ccc(C)cc1C.CNC(=O)Sc1cccc(C2CC2)c1COc1ccc(C)cc1C.CNC(=O)Sc1cccc(CO)c1COc1ccc(C)cc1C.CNC(=O)Sc1cccc(CS)c1COc1ccc(C)cc1C. The van der Waals surface area contributed by atoms with E-state index in [4.69, 9.17) is 33.2 Å². The first-order valence-corrected chi connectivity index (χ1v) is 51.4. The molecule has 0 heterocycles. The number of carbonyl (C=O) groups is 6. The van der Waals surface area contributed by atoms with Crippen molar-refractivity contribution in [3.63, 3.8) is 0 Å². The zero-order valence-corrected chi connectivity index (χ0v) is 89.3. The summed E-state index contributed by atoms with van der Waals surface area (Å²) >= 11 is 11.5. The van der Waals surface area contributed by atoms with Crippen LogP contribution in [0.25, 0.3) is 0 Å². The van der Waals surface area contributed by atoms with Crippen LogP contribution in [0.2, 0.25) is 0 Å². The third-order valence-corrected chi connectivity index (χ3v) is 28.3. The average molecular weight is 2010 g/mol. The molecule has 13 rings (SSSR count). The van der Waals surface area contributed by atoms with Crippen molar-refractivity contribution >= 4 is 115 Å². The fourth-order valence-corrected chi connectivity index (χ4v) is 19.3. The summed E-state index contributed by atoms with van der Waals surface area (Å²) in [6, 6.07) is 72.1. The lowest BCUT2D eigenvalue weighted by Crippen LogP contribution is -2.12.